The lowest BCUT2D eigenvalue weighted by Gasteiger charge is -2.38. The highest BCUT2D eigenvalue weighted by Gasteiger charge is 2.33. The van der Waals surface area contributed by atoms with Crippen molar-refractivity contribution in [1.82, 2.24) is 15.5 Å². The molecule has 1 aromatic carbocycles. The fourth-order valence-electron chi connectivity index (χ4n) is 2.83. The minimum absolute atomic E-state index is 0.0460. The average Bonchev–Trinajstić information content (AvgIpc) is 2.48. The monoisotopic (exact) mass is 317 g/mol. The minimum atomic E-state index is -0.376. The van der Waals surface area contributed by atoms with Crippen LogP contribution in [0.5, 0.6) is 0 Å². The van der Waals surface area contributed by atoms with Crippen molar-refractivity contribution < 1.29 is 9.59 Å². The lowest BCUT2D eigenvalue weighted by atomic mass is 9.94. The summed E-state index contributed by atoms with van der Waals surface area (Å²) in [6, 6.07) is 9.40. The fraction of sp³-hybridized carbons (Fsp3) is 0.556. The molecule has 0 saturated carbocycles. The molecule has 5 heteroatoms. The van der Waals surface area contributed by atoms with Crippen molar-refractivity contribution >= 4 is 11.8 Å². The molecule has 1 heterocycles. The van der Waals surface area contributed by atoms with Crippen molar-refractivity contribution in [3.8, 4) is 0 Å². The first-order chi connectivity index (χ1) is 10.8. The number of benzene rings is 1. The Morgan fingerprint density at radius 2 is 2.00 bits per heavy atom. The Labute approximate surface area is 138 Å². The number of hydrogen-bond acceptors (Lipinski definition) is 3. The van der Waals surface area contributed by atoms with Gasteiger partial charge in [-0.15, -0.1) is 0 Å². The van der Waals surface area contributed by atoms with E-state index in [0.29, 0.717) is 13.1 Å². The van der Waals surface area contributed by atoms with Crippen LogP contribution < -0.4 is 10.6 Å². The van der Waals surface area contributed by atoms with Crippen molar-refractivity contribution in [2.24, 2.45) is 5.41 Å². The molecule has 2 N–H and O–H groups in total. The zero-order chi connectivity index (χ0) is 16.9. The van der Waals surface area contributed by atoms with Crippen LogP contribution in [0.3, 0.4) is 0 Å². The Bertz CT molecular complexity index is 537. The molecule has 0 aliphatic carbocycles. The lowest BCUT2D eigenvalue weighted by molar-refractivity contribution is -0.134. The van der Waals surface area contributed by atoms with Crippen molar-refractivity contribution in [2.75, 3.05) is 19.6 Å². The Balaban J connectivity index is 1.91. The molecule has 23 heavy (non-hydrogen) atoms. The summed E-state index contributed by atoms with van der Waals surface area (Å²) in [6.07, 6.45) is 0.203. The van der Waals surface area contributed by atoms with Crippen LogP contribution in [0.1, 0.15) is 32.8 Å². The largest absolute Gasteiger partial charge is 0.353 e. The SMILES string of the molecule is CC(C)(C)CN1CCNC(=O)[C@@H]1CC(=O)NCc1ccccc1. The van der Waals surface area contributed by atoms with Crippen molar-refractivity contribution in [3.63, 3.8) is 0 Å². The molecular formula is C18H27N3O2. The second-order valence-corrected chi connectivity index (χ2v) is 7.30. The van der Waals surface area contributed by atoms with Crippen LogP contribution >= 0.6 is 0 Å². The number of piperazine rings is 1. The third-order valence-corrected chi connectivity index (χ3v) is 3.83. The number of hydrogen-bond donors (Lipinski definition) is 2. The zero-order valence-electron chi connectivity index (χ0n) is 14.3. The molecule has 0 aromatic heterocycles. The summed E-state index contributed by atoms with van der Waals surface area (Å²) >= 11 is 0. The van der Waals surface area contributed by atoms with Crippen LogP contribution in [0.15, 0.2) is 30.3 Å². The number of amides is 2. The normalized spacial score (nSPS) is 19.3. The molecule has 2 amide bonds. The third-order valence-electron chi connectivity index (χ3n) is 3.83. The number of nitrogens with zero attached hydrogens (tertiary/aromatic N) is 1. The molecule has 1 atom stereocenters. The van der Waals surface area contributed by atoms with Gasteiger partial charge in [-0.2, -0.15) is 0 Å². The van der Waals surface area contributed by atoms with E-state index in [0.717, 1.165) is 18.7 Å². The summed E-state index contributed by atoms with van der Waals surface area (Å²) in [5.74, 6) is -0.134. The van der Waals surface area contributed by atoms with Crippen molar-refractivity contribution in [1.29, 1.82) is 0 Å². The van der Waals surface area contributed by atoms with Gasteiger partial charge in [-0.3, -0.25) is 14.5 Å². The topological polar surface area (TPSA) is 61.4 Å². The lowest BCUT2D eigenvalue weighted by Crippen LogP contribution is -2.58. The highest BCUT2D eigenvalue weighted by Crippen LogP contribution is 2.19. The smallest absolute Gasteiger partial charge is 0.237 e. The van der Waals surface area contributed by atoms with Gasteiger partial charge in [-0.05, 0) is 11.0 Å². The third kappa shape index (κ3) is 5.67. The van der Waals surface area contributed by atoms with Gasteiger partial charge in [0.05, 0.1) is 12.5 Å². The highest BCUT2D eigenvalue weighted by molar-refractivity contribution is 5.88. The summed E-state index contributed by atoms with van der Waals surface area (Å²) < 4.78 is 0. The van der Waals surface area contributed by atoms with Crippen molar-refractivity contribution in [2.45, 2.75) is 39.8 Å². The maximum atomic E-state index is 12.2. The van der Waals surface area contributed by atoms with E-state index in [-0.39, 0.29) is 29.7 Å². The van der Waals surface area contributed by atoms with Gasteiger partial charge >= 0.3 is 0 Å². The molecule has 2 rings (SSSR count). The van der Waals surface area contributed by atoms with Crippen LogP contribution in [-0.2, 0) is 16.1 Å². The van der Waals surface area contributed by atoms with Crippen LogP contribution in [0.2, 0.25) is 0 Å². The first-order valence-electron chi connectivity index (χ1n) is 8.17. The van der Waals surface area contributed by atoms with E-state index in [4.69, 9.17) is 0 Å². The predicted octanol–water partition coefficient (Wildman–Crippen LogP) is 1.54. The van der Waals surface area contributed by atoms with Gasteiger partial charge in [0.2, 0.25) is 11.8 Å². The molecular weight excluding hydrogens is 290 g/mol. The summed E-state index contributed by atoms with van der Waals surface area (Å²) in [4.78, 5) is 26.5. The Kier molecular flexibility index (Phi) is 5.77. The Hall–Kier alpha value is -1.88. The maximum Gasteiger partial charge on any atom is 0.237 e. The van der Waals surface area contributed by atoms with Crippen LogP contribution in [0.4, 0.5) is 0 Å². The number of carbonyl (C=O) groups is 2. The maximum absolute atomic E-state index is 12.2. The van der Waals surface area contributed by atoms with E-state index >= 15 is 0 Å². The molecule has 1 fully saturated rings. The van der Waals surface area contributed by atoms with Gasteiger partial charge < -0.3 is 10.6 Å². The molecule has 5 nitrogen and oxygen atoms in total. The molecule has 1 aromatic rings. The molecule has 0 unspecified atom stereocenters. The van der Waals surface area contributed by atoms with E-state index in [1.807, 2.05) is 30.3 Å². The number of nitrogens with one attached hydrogen (secondary N) is 2. The van der Waals surface area contributed by atoms with Gasteiger partial charge in [0.25, 0.3) is 0 Å². The van der Waals surface area contributed by atoms with E-state index in [1.165, 1.54) is 0 Å². The summed E-state index contributed by atoms with van der Waals surface area (Å²) in [6.45, 7) is 9.17. The summed E-state index contributed by atoms with van der Waals surface area (Å²) in [7, 11) is 0. The molecule has 0 bridgehead atoms. The predicted molar refractivity (Wildman–Crippen MR) is 90.7 cm³/mol. The average molecular weight is 317 g/mol. The van der Waals surface area contributed by atoms with Crippen LogP contribution in [0.25, 0.3) is 0 Å². The van der Waals surface area contributed by atoms with Crippen LogP contribution in [-0.4, -0.2) is 42.4 Å². The second-order valence-electron chi connectivity index (χ2n) is 7.30. The Morgan fingerprint density at radius 3 is 2.65 bits per heavy atom. The molecule has 1 saturated heterocycles. The molecule has 0 spiro atoms. The Morgan fingerprint density at radius 1 is 1.30 bits per heavy atom. The molecule has 0 radical (unpaired) electrons. The second kappa shape index (κ2) is 7.59. The minimum Gasteiger partial charge on any atom is -0.353 e. The van der Waals surface area contributed by atoms with Gasteiger partial charge in [0, 0.05) is 26.2 Å². The number of carbonyl (C=O) groups excluding carboxylic acids is 2. The first-order valence-corrected chi connectivity index (χ1v) is 8.17. The van der Waals surface area contributed by atoms with Gasteiger partial charge in [-0.1, -0.05) is 51.1 Å². The quantitative estimate of drug-likeness (QED) is 0.866. The molecule has 1 aliphatic heterocycles. The van der Waals surface area contributed by atoms with Crippen LogP contribution in [0, 0.1) is 5.41 Å². The zero-order valence-corrected chi connectivity index (χ0v) is 14.3. The summed E-state index contributed by atoms with van der Waals surface area (Å²) in [5.41, 5.74) is 1.15. The van der Waals surface area contributed by atoms with E-state index in [9.17, 15) is 9.59 Å². The summed E-state index contributed by atoms with van der Waals surface area (Å²) in [5, 5.41) is 5.77. The first kappa shape index (κ1) is 17.5. The van der Waals surface area contributed by atoms with E-state index in [2.05, 4.69) is 36.3 Å². The standard InChI is InChI=1S/C18H27N3O2/c1-18(2,3)13-21-10-9-19-17(23)15(21)11-16(22)20-12-14-7-5-4-6-8-14/h4-8,15H,9-13H2,1-3H3,(H,19,23)(H,20,22)/t15-/m0/s1. The molecule has 126 valence electrons. The van der Waals surface area contributed by atoms with E-state index < -0.39 is 0 Å². The van der Waals surface area contributed by atoms with E-state index in [1.54, 1.807) is 0 Å². The van der Waals surface area contributed by atoms with Gasteiger partial charge in [-0.25, -0.2) is 0 Å². The van der Waals surface area contributed by atoms with Gasteiger partial charge in [0.15, 0.2) is 0 Å². The highest BCUT2D eigenvalue weighted by atomic mass is 16.2. The van der Waals surface area contributed by atoms with Gasteiger partial charge in [0.1, 0.15) is 0 Å². The van der Waals surface area contributed by atoms with Crippen molar-refractivity contribution in [3.05, 3.63) is 35.9 Å². The number of rotatable bonds is 5. The molecule has 1 aliphatic rings. The fourth-order valence-corrected chi connectivity index (χ4v) is 2.83.